The number of hydrogen-bond donors (Lipinski definition) is 1. The van der Waals surface area contributed by atoms with Crippen LogP contribution < -0.4 is 5.32 Å². The molecule has 4 nitrogen and oxygen atoms in total. The molecule has 0 unspecified atom stereocenters. The van der Waals surface area contributed by atoms with Gasteiger partial charge < -0.3 is 5.32 Å². The molecule has 1 aliphatic rings. The number of thioether (sulfide) groups is 1. The van der Waals surface area contributed by atoms with Crippen molar-refractivity contribution in [2.75, 3.05) is 5.32 Å². The molecule has 1 aromatic rings. The number of nitrogens with one attached hydrogen (secondary N) is 1. The first-order chi connectivity index (χ1) is 8.29. The molecule has 1 aromatic carbocycles. The summed E-state index contributed by atoms with van der Waals surface area (Å²) in [7, 11) is -3.77. The fourth-order valence-electron chi connectivity index (χ4n) is 1.48. The van der Waals surface area contributed by atoms with Gasteiger partial charge in [-0.15, -0.1) is 4.40 Å². The normalized spacial score (nSPS) is 17.1. The Kier molecular flexibility index (Phi) is 3.82. The molecule has 0 atom stereocenters. The standard InChI is InChI=1S/C10H10Cl2N2O2S2/c1-5(2)17-10-13-8-4-6(11)3-7(12)9(8)18(15,16)14-10/h3-5H,1-2H3,(H,13,14). The highest BCUT2D eigenvalue weighted by atomic mass is 35.5. The van der Waals surface area contributed by atoms with Crippen LogP contribution in [-0.2, 0) is 10.0 Å². The monoisotopic (exact) mass is 324 g/mol. The average molecular weight is 325 g/mol. The molecule has 0 saturated heterocycles. The van der Waals surface area contributed by atoms with Crippen LogP contribution in [0, 0.1) is 0 Å². The minimum atomic E-state index is -3.77. The molecule has 0 bridgehead atoms. The van der Waals surface area contributed by atoms with E-state index in [-0.39, 0.29) is 15.2 Å². The third-order valence-electron chi connectivity index (χ3n) is 2.06. The Hall–Kier alpha value is -0.430. The van der Waals surface area contributed by atoms with E-state index in [1.165, 1.54) is 23.9 Å². The van der Waals surface area contributed by atoms with Gasteiger partial charge in [-0.05, 0) is 12.1 Å². The first-order valence-electron chi connectivity index (χ1n) is 5.07. The predicted octanol–water partition coefficient (Wildman–Crippen LogP) is 3.61. The maximum absolute atomic E-state index is 12.0. The Bertz CT molecular complexity index is 627. The third-order valence-corrected chi connectivity index (χ3v) is 5.07. The van der Waals surface area contributed by atoms with Crippen LogP contribution in [0.25, 0.3) is 0 Å². The minimum Gasteiger partial charge on any atom is -0.333 e. The SMILES string of the molecule is CC(C)SC1=NS(=O)(=O)c2c(Cl)cc(Cl)cc2N1. The zero-order valence-corrected chi connectivity index (χ0v) is 12.7. The van der Waals surface area contributed by atoms with Crippen LogP contribution >= 0.6 is 35.0 Å². The molecule has 8 heteroatoms. The maximum atomic E-state index is 12.0. The Labute approximate surface area is 120 Å². The summed E-state index contributed by atoms with van der Waals surface area (Å²) >= 11 is 13.1. The molecule has 18 heavy (non-hydrogen) atoms. The van der Waals surface area contributed by atoms with Crippen LogP contribution in [0.15, 0.2) is 21.4 Å². The van der Waals surface area contributed by atoms with E-state index in [0.717, 1.165) is 0 Å². The number of rotatable bonds is 1. The lowest BCUT2D eigenvalue weighted by atomic mass is 10.3. The van der Waals surface area contributed by atoms with Gasteiger partial charge in [0.05, 0.1) is 10.7 Å². The smallest absolute Gasteiger partial charge is 0.288 e. The van der Waals surface area contributed by atoms with Gasteiger partial charge >= 0.3 is 0 Å². The van der Waals surface area contributed by atoms with Crippen molar-refractivity contribution in [1.29, 1.82) is 0 Å². The van der Waals surface area contributed by atoms with Crippen molar-refractivity contribution < 1.29 is 8.42 Å². The number of hydrogen-bond acceptors (Lipinski definition) is 4. The summed E-state index contributed by atoms with van der Waals surface area (Å²) in [6.45, 7) is 3.89. The highest BCUT2D eigenvalue weighted by Gasteiger charge is 2.28. The van der Waals surface area contributed by atoms with Crippen molar-refractivity contribution in [1.82, 2.24) is 0 Å². The fraction of sp³-hybridized carbons (Fsp3) is 0.300. The molecule has 0 amide bonds. The van der Waals surface area contributed by atoms with Crippen LogP contribution in [-0.4, -0.2) is 18.8 Å². The number of sulfonamides is 1. The molecule has 1 N–H and O–H groups in total. The second-order valence-electron chi connectivity index (χ2n) is 3.93. The van der Waals surface area contributed by atoms with Crippen LogP contribution in [0.3, 0.4) is 0 Å². The highest BCUT2D eigenvalue weighted by Crippen LogP contribution is 2.37. The summed E-state index contributed by atoms with van der Waals surface area (Å²) in [6.07, 6.45) is 0. The zero-order chi connectivity index (χ0) is 13.5. The van der Waals surface area contributed by atoms with E-state index in [4.69, 9.17) is 23.2 Å². The lowest BCUT2D eigenvalue weighted by Gasteiger charge is -2.19. The van der Waals surface area contributed by atoms with Gasteiger partial charge in [0.1, 0.15) is 4.90 Å². The Morgan fingerprint density at radius 1 is 1.33 bits per heavy atom. The van der Waals surface area contributed by atoms with E-state index in [0.29, 0.717) is 15.9 Å². The molecule has 0 aliphatic carbocycles. The number of anilines is 1. The van der Waals surface area contributed by atoms with Crippen LogP contribution in [0.1, 0.15) is 13.8 Å². The van der Waals surface area contributed by atoms with Gasteiger partial charge in [0.25, 0.3) is 10.0 Å². The maximum Gasteiger partial charge on any atom is 0.288 e. The summed E-state index contributed by atoms with van der Waals surface area (Å²) < 4.78 is 27.8. The second-order valence-corrected chi connectivity index (χ2v) is 7.88. The van der Waals surface area contributed by atoms with Gasteiger partial charge in [-0.2, -0.15) is 8.42 Å². The number of halogens is 2. The fourth-order valence-corrected chi connectivity index (χ4v) is 4.40. The number of benzene rings is 1. The van der Waals surface area contributed by atoms with Gasteiger partial charge in [0.2, 0.25) is 0 Å². The van der Waals surface area contributed by atoms with E-state index < -0.39 is 10.0 Å². The van der Waals surface area contributed by atoms with Crippen LogP contribution in [0.2, 0.25) is 10.0 Å². The lowest BCUT2D eigenvalue weighted by Crippen LogP contribution is -2.20. The van der Waals surface area contributed by atoms with Gasteiger partial charge in [-0.3, -0.25) is 0 Å². The van der Waals surface area contributed by atoms with Crippen molar-refractivity contribution in [3.63, 3.8) is 0 Å². The van der Waals surface area contributed by atoms with Gasteiger partial charge in [0, 0.05) is 10.3 Å². The third kappa shape index (κ3) is 2.77. The minimum absolute atomic E-state index is 0.0262. The number of amidine groups is 1. The average Bonchev–Trinajstić information content (AvgIpc) is 2.11. The van der Waals surface area contributed by atoms with Crippen molar-refractivity contribution in [3.8, 4) is 0 Å². The molecule has 0 aromatic heterocycles. The van der Waals surface area contributed by atoms with Crippen LogP contribution in [0.4, 0.5) is 5.69 Å². The van der Waals surface area contributed by atoms with E-state index in [1.807, 2.05) is 13.8 Å². The molecule has 2 rings (SSSR count). The predicted molar refractivity (Wildman–Crippen MR) is 77.4 cm³/mol. The molecular formula is C10H10Cl2N2O2S2. The van der Waals surface area contributed by atoms with E-state index in [1.54, 1.807) is 0 Å². The number of nitrogens with zero attached hydrogens (tertiary/aromatic N) is 1. The molecule has 1 heterocycles. The Morgan fingerprint density at radius 2 is 2.00 bits per heavy atom. The summed E-state index contributed by atoms with van der Waals surface area (Å²) in [6, 6.07) is 2.91. The summed E-state index contributed by atoms with van der Waals surface area (Å²) in [5.41, 5.74) is 0.366. The largest absolute Gasteiger partial charge is 0.333 e. The van der Waals surface area contributed by atoms with E-state index in [2.05, 4.69) is 9.71 Å². The molecule has 0 radical (unpaired) electrons. The molecular weight excluding hydrogens is 315 g/mol. The van der Waals surface area contributed by atoms with Crippen molar-refractivity contribution in [3.05, 3.63) is 22.2 Å². The van der Waals surface area contributed by atoms with E-state index >= 15 is 0 Å². The second kappa shape index (κ2) is 4.92. The zero-order valence-electron chi connectivity index (χ0n) is 9.57. The molecule has 0 fully saturated rings. The van der Waals surface area contributed by atoms with Crippen molar-refractivity contribution >= 4 is 55.8 Å². The van der Waals surface area contributed by atoms with Gasteiger partial charge in [-0.25, -0.2) is 0 Å². The quantitative estimate of drug-likeness (QED) is 0.857. The number of fused-ring (bicyclic) bond motifs is 1. The van der Waals surface area contributed by atoms with Crippen LogP contribution in [0.5, 0.6) is 0 Å². The Balaban J connectivity index is 2.55. The molecule has 1 aliphatic heterocycles. The highest BCUT2D eigenvalue weighted by molar-refractivity contribution is 8.15. The molecule has 0 spiro atoms. The summed E-state index contributed by atoms with van der Waals surface area (Å²) in [4.78, 5) is -0.0262. The summed E-state index contributed by atoms with van der Waals surface area (Å²) in [5, 5.41) is 3.91. The summed E-state index contributed by atoms with van der Waals surface area (Å²) in [5.74, 6) is 0. The molecule has 98 valence electrons. The molecule has 0 saturated carbocycles. The first-order valence-corrected chi connectivity index (χ1v) is 8.15. The van der Waals surface area contributed by atoms with Crippen molar-refractivity contribution in [2.45, 2.75) is 24.0 Å². The van der Waals surface area contributed by atoms with Gasteiger partial charge in [-0.1, -0.05) is 48.8 Å². The lowest BCUT2D eigenvalue weighted by molar-refractivity contribution is 0.598. The first kappa shape index (κ1) is 14.0. The van der Waals surface area contributed by atoms with Gasteiger partial charge in [0.15, 0.2) is 5.17 Å². The van der Waals surface area contributed by atoms with E-state index in [9.17, 15) is 8.42 Å². The topological polar surface area (TPSA) is 58.5 Å². The van der Waals surface area contributed by atoms with Crippen molar-refractivity contribution in [2.24, 2.45) is 4.40 Å². The Morgan fingerprint density at radius 3 is 2.61 bits per heavy atom.